The van der Waals surface area contributed by atoms with Gasteiger partial charge in [0.1, 0.15) is 18.7 Å². The summed E-state index contributed by atoms with van der Waals surface area (Å²) >= 11 is 0. The molecule has 0 spiro atoms. The van der Waals surface area contributed by atoms with Gasteiger partial charge in [0.15, 0.2) is 0 Å². The molecule has 2 atom stereocenters. The second-order valence-corrected chi connectivity index (χ2v) is 8.12. The molecule has 0 aromatic heterocycles. The van der Waals surface area contributed by atoms with Crippen molar-refractivity contribution < 1.29 is 24.2 Å². The number of ether oxygens (including phenoxy) is 1. The van der Waals surface area contributed by atoms with Gasteiger partial charge in [-0.05, 0) is 34.6 Å². The van der Waals surface area contributed by atoms with E-state index in [2.05, 4.69) is 29.3 Å². The van der Waals surface area contributed by atoms with Crippen LogP contribution in [0.3, 0.4) is 0 Å². The lowest BCUT2D eigenvalue weighted by Gasteiger charge is -2.24. The van der Waals surface area contributed by atoms with Gasteiger partial charge in [-0.2, -0.15) is 0 Å². The third-order valence-corrected chi connectivity index (χ3v) is 5.58. The van der Waals surface area contributed by atoms with Crippen LogP contribution in [0.25, 0.3) is 11.1 Å². The fraction of sp³-hybridized carbons (Fsp3) is 0.320. The maximum atomic E-state index is 12.6. The maximum absolute atomic E-state index is 12.6. The highest BCUT2D eigenvalue weighted by molar-refractivity contribution is 5.89. The minimum Gasteiger partial charge on any atom is -0.480 e. The van der Waals surface area contributed by atoms with E-state index in [1.165, 1.54) is 6.08 Å². The average molecular weight is 437 g/mol. The molecular formula is C25H28N2O5. The molecule has 1 aliphatic carbocycles. The van der Waals surface area contributed by atoms with Crippen molar-refractivity contribution >= 4 is 18.0 Å². The summed E-state index contributed by atoms with van der Waals surface area (Å²) in [5, 5.41) is 14.3. The van der Waals surface area contributed by atoms with Crippen LogP contribution in [0.15, 0.2) is 61.2 Å². The lowest BCUT2D eigenvalue weighted by atomic mass is 9.98. The Morgan fingerprint density at radius 2 is 1.59 bits per heavy atom. The SMILES string of the molecule is C=CCC(NC(=O)[C@@H](NC(=O)OCC1c2ccccc2-c2ccccc21)C(C)C)C(=O)O. The summed E-state index contributed by atoms with van der Waals surface area (Å²) in [6.45, 7) is 7.16. The van der Waals surface area contributed by atoms with Crippen LogP contribution < -0.4 is 10.6 Å². The Labute approximate surface area is 187 Å². The lowest BCUT2D eigenvalue weighted by Crippen LogP contribution is -2.53. The fourth-order valence-electron chi connectivity index (χ4n) is 3.95. The molecule has 0 fully saturated rings. The summed E-state index contributed by atoms with van der Waals surface area (Å²) in [6, 6.07) is 14.0. The van der Waals surface area contributed by atoms with E-state index in [9.17, 15) is 19.5 Å². The quantitative estimate of drug-likeness (QED) is 0.520. The summed E-state index contributed by atoms with van der Waals surface area (Å²) in [7, 11) is 0. The Balaban J connectivity index is 1.66. The maximum Gasteiger partial charge on any atom is 0.407 e. The van der Waals surface area contributed by atoms with E-state index in [1.54, 1.807) is 13.8 Å². The molecule has 2 amide bonds. The monoisotopic (exact) mass is 436 g/mol. The summed E-state index contributed by atoms with van der Waals surface area (Å²) in [5.74, 6) is -2.11. The van der Waals surface area contributed by atoms with Crippen LogP contribution >= 0.6 is 0 Å². The number of benzene rings is 2. The molecule has 1 aliphatic rings. The Bertz CT molecular complexity index is 971. The van der Waals surface area contributed by atoms with Gasteiger partial charge in [-0.25, -0.2) is 9.59 Å². The van der Waals surface area contributed by atoms with Gasteiger partial charge in [-0.15, -0.1) is 6.58 Å². The standard InChI is InChI=1S/C25H28N2O5/c1-4-9-21(24(29)30)26-23(28)22(15(2)3)27-25(31)32-14-20-18-12-7-5-10-16(18)17-11-6-8-13-19(17)20/h4-8,10-13,15,20-22H,1,9,14H2,2-3H3,(H,26,28)(H,27,31)(H,29,30)/t21?,22-/m0/s1. The van der Waals surface area contributed by atoms with Crippen molar-refractivity contribution in [1.82, 2.24) is 10.6 Å². The number of carboxylic acid groups (broad SMARTS) is 1. The predicted octanol–water partition coefficient (Wildman–Crippen LogP) is 3.70. The van der Waals surface area contributed by atoms with Gasteiger partial charge in [0.25, 0.3) is 0 Å². The van der Waals surface area contributed by atoms with Gasteiger partial charge in [-0.3, -0.25) is 4.79 Å². The first-order chi connectivity index (χ1) is 15.3. The molecule has 32 heavy (non-hydrogen) atoms. The summed E-state index contributed by atoms with van der Waals surface area (Å²) in [6.07, 6.45) is 0.774. The average Bonchev–Trinajstić information content (AvgIpc) is 3.09. The largest absolute Gasteiger partial charge is 0.480 e. The van der Waals surface area contributed by atoms with Gasteiger partial charge in [0, 0.05) is 5.92 Å². The van der Waals surface area contributed by atoms with Crippen LogP contribution in [0, 0.1) is 5.92 Å². The van der Waals surface area contributed by atoms with Crippen molar-refractivity contribution in [3.63, 3.8) is 0 Å². The second kappa shape index (κ2) is 10.1. The van der Waals surface area contributed by atoms with E-state index in [0.29, 0.717) is 0 Å². The molecular weight excluding hydrogens is 408 g/mol. The zero-order valence-corrected chi connectivity index (χ0v) is 18.2. The summed E-state index contributed by atoms with van der Waals surface area (Å²) in [5.41, 5.74) is 4.43. The molecule has 0 aliphatic heterocycles. The van der Waals surface area contributed by atoms with Crippen LogP contribution in [-0.4, -0.2) is 41.8 Å². The molecule has 0 heterocycles. The Morgan fingerprint density at radius 1 is 1.03 bits per heavy atom. The molecule has 2 aromatic carbocycles. The van der Waals surface area contributed by atoms with Crippen LogP contribution in [0.4, 0.5) is 4.79 Å². The number of rotatable bonds is 9. The molecule has 7 nitrogen and oxygen atoms in total. The van der Waals surface area contributed by atoms with Crippen molar-refractivity contribution in [2.24, 2.45) is 5.92 Å². The van der Waals surface area contributed by atoms with E-state index in [-0.39, 0.29) is 24.9 Å². The molecule has 0 bridgehead atoms. The van der Waals surface area contributed by atoms with Gasteiger partial charge >= 0.3 is 12.1 Å². The number of alkyl carbamates (subject to hydrolysis) is 1. The highest BCUT2D eigenvalue weighted by Crippen LogP contribution is 2.44. The fourth-order valence-corrected chi connectivity index (χ4v) is 3.95. The Kier molecular flexibility index (Phi) is 7.30. The molecule has 0 saturated carbocycles. The number of carboxylic acids is 1. The van der Waals surface area contributed by atoms with Crippen molar-refractivity contribution in [1.29, 1.82) is 0 Å². The van der Waals surface area contributed by atoms with Crippen LogP contribution in [0.2, 0.25) is 0 Å². The number of aliphatic carboxylic acids is 1. The minimum atomic E-state index is -1.16. The summed E-state index contributed by atoms with van der Waals surface area (Å²) in [4.78, 5) is 36.5. The summed E-state index contributed by atoms with van der Waals surface area (Å²) < 4.78 is 5.51. The normalized spacial score (nSPS) is 14.1. The minimum absolute atomic E-state index is 0.0802. The topological polar surface area (TPSA) is 105 Å². The third-order valence-electron chi connectivity index (χ3n) is 5.58. The number of nitrogens with one attached hydrogen (secondary N) is 2. The van der Waals surface area contributed by atoms with Crippen LogP contribution in [0.5, 0.6) is 0 Å². The predicted molar refractivity (Wildman–Crippen MR) is 121 cm³/mol. The van der Waals surface area contributed by atoms with Crippen LogP contribution in [0.1, 0.15) is 37.3 Å². The van der Waals surface area contributed by atoms with E-state index in [0.717, 1.165) is 22.3 Å². The highest BCUT2D eigenvalue weighted by atomic mass is 16.5. The Hall–Kier alpha value is -3.61. The van der Waals surface area contributed by atoms with Crippen LogP contribution in [-0.2, 0) is 14.3 Å². The molecule has 1 unspecified atom stereocenters. The number of hydrogen-bond acceptors (Lipinski definition) is 4. The number of amides is 2. The number of carbonyl (C=O) groups excluding carboxylic acids is 2. The first kappa shape index (κ1) is 23.1. The molecule has 0 saturated heterocycles. The van der Waals surface area contributed by atoms with Gasteiger partial charge in [0.2, 0.25) is 5.91 Å². The van der Waals surface area contributed by atoms with E-state index >= 15 is 0 Å². The Morgan fingerprint density at radius 3 is 2.09 bits per heavy atom. The number of carbonyl (C=O) groups is 3. The lowest BCUT2D eigenvalue weighted by molar-refractivity contribution is -0.142. The smallest absolute Gasteiger partial charge is 0.407 e. The number of fused-ring (bicyclic) bond motifs is 3. The molecule has 2 aromatic rings. The molecule has 3 rings (SSSR count). The molecule has 168 valence electrons. The van der Waals surface area contributed by atoms with Crippen molar-refractivity contribution in [2.75, 3.05) is 6.61 Å². The van der Waals surface area contributed by atoms with E-state index < -0.39 is 30.1 Å². The highest BCUT2D eigenvalue weighted by Gasteiger charge is 2.31. The molecule has 3 N–H and O–H groups in total. The van der Waals surface area contributed by atoms with Crippen molar-refractivity contribution in [3.05, 3.63) is 72.3 Å². The zero-order valence-electron chi connectivity index (χ0n) is 18.2. The first-order valence-corrected chi connectivity index (χ1v) is 10.6. The van der Waals surface area contributed by atoms with Gasteiger partial charge in [-0.1, -0.05) is 68.5 Å². The van der Waals surface area contributed by atoms with Crippen molar-refractivity contribution in [2.45, 2.75) is 38.3 Å². The second-order valence-electron chi connectivity index (χ2n) is 8.12. The third kappa shape index (κ3) is 4.99. The zero-order chi connectivity index (χ0) is 23.3. The first-order valence-electron chi connectivity index (χ1n) is 10.6. The van der Waals surface area contributed by atoms with Crippen molar-refractivity contribution in [3.8, 4) is 11.1 Å². The van der Waals surface area contributed by atoms with E-state index in [1.807, 2.05) is 36.4 Å². The van der Waals surface area contributed by atoms with E-state index in [4.69, 9.17) is 4.74 Å². The van der Waals surface area contributed by atoms with Gasteiger partial charge < -0.3 is 20.5 Å². The molecule has 7 heteroatoms. The number of hydrogen-bond donors (Lipinski definition) is 3. The molecule has 0 radical (unpaired) electrons. The van der Waals surface area contributed by atoms with Gasteiger partial charge in [0.05, 0.1) is 0 Å².